The molecule has 0 bridgehead atoms. The van der Waals surface area contributed by atoms with Gasteiger partial charge in [-0.1, -0.05) is 18.3 Å². The summed E-state index contributed by atoms with van der Waals surface area (Å²) in [5.74, 6) is 1.40. The molecule has 0 aliphatic carbocycles. The largest absolute Gasteiger partial charge is 0.322 e. The maximum absolute atomic E-state index is 8.78. The lowest BCUT2D eigenvalue weighted by Crippen LogP contribution is -2.13. The van der Waals surface area contributed by atoms with Crippen molar-refractivity contribution in [2.24, 2.45) is 5.73 Å². The smallest absolute Gasteiger partial charge is 0.213 e. The Labute approximate surface area is 115 Å². The molecule has 96 valence electrons. The van der Waals surface area contributed by atoms with Crippen LogP contribution in [0.2, 0.25) is 0 Å². The Morgan fingerprint density at radius 1 is 1.61 bits per heavy atom. The normalized spacial score (nSPS) is 11.7. The highest BCUT2D eigenvalue weighted by Gasteiger charge is 2.16. The molecular weight excluding hydrogens is 272 g/mol. The fourth-order valence-corrected chi connectivity index (χ4v) is 2.04. The minimum Gasteiger partial charge on any atom is -0.322 e. The number of nitrogens with two attached hydrogens (primary N) is 1. The van der Waals surface area contributed by atoms with Crippen LogP contribution in [0, 0.1) is 11.3 Å². The lowest BCUT2D eigenvalue weighted by atomic mass is 10.3. The van der Waals surface area contributed by atoms with Crippen LogP contribution in [0.4, 0.5) is 0 Å². The van der Waals surface area contributed by atoms with Gasteiger partial charge in [0, 0.05) is 6.42 Å². The number of nitrogens with zero attached hydrogens (tertiary/aromatic N) is 5. The van der Waals surface area contributed by atoms with Crippen LogP contribution in [0.1, 0.15) is 36.4 Å². The third-order valence-electron chi connectivity index (χ3n) is 2.18. The number of rotatable bonds is 3. The van der Waals surface area contributed by atoms with Gasteiger partial charge in [0.2, 0.25) is 5.13 Å². The van der Waals surface area contributed by atoms with E-state index in [0.717, 1.165) is 12.2 Å². The zero-order chi connectivity index (χ0) is 12.4. The van der Waals surface area contributed by atoms with Crippen molar-refractivity contribution in [1.82, 2.24) is 19.7 Å². The molecule has 2 aromatic heterocycles. The molecule has 2 aromatic rings. The van der Waals surface area contributed by atoms with E-state index < -0.39 is 0 Å². The van der Waals surface area contributed by atoms with Gasteiger partial charge in [0.05, 0.1) is 12.2 Å². The Kier molecular flexibility index (Phi) is 4.78. The van der Waals surface area contributed by atoms with E-state index in [-0.39, 0.29) is 18.4 Å². The number of hydrogen-bond donors (Lipinski definition) is 1. The van der Waals surface area contributed by atoms with E-state index in [2.05, 4.69) is 15.1 Å². The average Bonchev–Trinajstić information content (AvgIpc) is 2.94. The van der Waals surface area contributed by atoms with Gasteiger partial charge in [-0.15, -0.1) is 17.5 Å². The van der Waals surface area contributed by atoms with E-state index in [0.29, 0.717) is 15.8 Å². The summed E-state index contributed by atoms with van der Waals surface area (Å²) in [7, 11) is 0. The summed E-state index contributed by atoms with van der Waals surface area (Å²) >= 11 is 1.27. The molecule has 0 aliphatic rings. The van der Waals surface area contributed by atoms with Crippen LogP contribution >= 0.6 is 23.7 Å². The summed E-state index contributed by atoms with van der Waals surface area (Å²) in [5.41, 5.74) is 5.85. The highest BCUT2D eigenvalue weighted by atomic mass is 35.5. The number of halogens is 1. The molecule has 2 heterocycles. The predicted octanol–water partition coefficient (Wildman–Crippen LogP) is 1.60. The van der Waals surface area contributed by atoms with Gasteiger partial charge in [0.25, 0.3) is 0 Å². The van der Waals surface area contributed by atoms with E-state index in [4.69, 9.17) is 11.0 Å². The first-order valence-corrected chi connectivity index (χ1v) is 6.05. The standard InChI is InChI=1S/C10H12N6S.ClH/c1-3-8-14-9(6(2)12)16(15-8)10-13-5-7(4-11)17-10;/h5-6H,3,12H2,1-2H3;1H/t6-;/m0./s1. The van der Waals surface area contributed by atoms with E-state index in [1.807, 2.05) is 19.9 Å². The Morgan fingerprint density at radius 3 is 2.83 bits per heavy atom. The predicted molar refractivity (Wildman–Crippen MR) is 71.0 cm³/mol. The quantitative estimate of drug-likeness (QED) is 0.924. The monoisotopic (exact) mass is 284 g/mol. The Balaban J connectivity index is 0.00000162. The van der Waals surface area contributed by atoms with Crippen LogP contribution in [-0.2, 0) is 6.42 Å². The summed E-state index contributed by atoms with van der Waals surface area (Å²) in [6.45, 7) is 3.83. The zero-order valence-electron chi connectivity index (χ0n) is 9.99. The second kappa shape index (κ2) is 5.91. The molecule has 18 heavy (non-hydrogen) atoms. The van der Waals surface area contributed by atoms with Crippen molar-refractivity contribution < 1.29 is 0 Å². The highest BCUT2D eigenvalue weighted by molar-refractivity contribution is 7.14. The molecule has 0 radical (unpaired) electrons. The summed E-state index contributed by atoms with van der Waals surface area (Å²) in [6, 6.07) is 1.83. The third kappa shape index (κ3) is 2.67. The fraction of sp³-hybridized carbons (Fsp3) is 0.400. The summed E-state index contributed by atoms with van der Waals surface area (Å²) < 4.78 is 1.62. The number of hydrogen-bond acceptors (Lipinski definition) is 6. The van der Waals surface area contributed by atoms with E-state index in [1.165, 1.54) is 17.5 Å². The first-order valence-electron chi connectivity index (χ1n) is 5.23. The van der Waals surface area contributed by atoms with Gasteiger partial charge in [-0.2, -0.15) is 9.94 Å². The van der Waals surface area contributed by atoms with Gasteiger partial charge in [-0.25, -0.2) is 9.97 Å². The first kappa shape index (κ1) is 14.6. The van der Waals surface area contributed by atoms with Gasteiger partial charge in [-0.05, 0) is 6.92 Å². The summed E-state index contributed by atoms with van der Waals surface area (Å²) in [5, 5.41) is 13.7. The molecular formula is C10H13ClN6S. The number of nitriles is 1. The second-order valence-corrected chi connectivity index (χ2v) is 4.57. The SMILES string of the molecule is CCc1nc([C@H](C)N)n(-c2ncc(C#N)s2)n1.Cl. The Hall–Kier alpha value is -1.49. The molecule has 6 nitrogen and oxygen atoms in total. The van der Waals surface area contributed by atoms with Crippen LogP contribution < -0.4 is 5.73 Å². The molecule has 0 aromatic carbocycles. The van der Waals surface area contributed by atoms with E-state index in [9.17, 15) is 0 Å². The van der Waals surface area contributed by atoms with Gasteiger partial charge in [-0.3, -0.25) is 0 Å². The molecule has 1 atom stereocenters. The van der Waals surface area contributed by atoms with Crippen molar-refractivity contribution in [3.63, 3.8) is 0 Å². The fourth-order valence-electron chi connectivity index (χ4n) is 1.37. The first-order chi connectivity index (χ1) is 8.15. The lowest BCUT2D eigenvalue weighted by Gasteiger charge is -2.04. The topological polar surface area (TPSA) is 93.4 Å². The van der Waals surface area contributed by atoms with Crippen molar-refractivity contribution in [1.29, 1.82) is 5.26 Å². The number of aryl methyl sites for hydroxylation is 1. The van der Waals surface area contributed by atoms with Crippen LogP contribution in [0.5, 0.6) is 0 Å². The molecule has 8 heteroatoms. The molecule has 0 unspecified atom stereocenters. The number of thiazole rings is 1. The lowest BCUT2D eigenvalue weighted by molar-refractivity contribution is 0.687. The van der Waals surface area contributed by atoms with Crippen LogP contribution in [0.15, 0.2) is 6.20 Å². The zero-order valence-corrected chi connectivity index (χ0v) is 11.6. The Bertz CT molecular complexity index is 567. The van der Waals surface area contributed by atoms with Crippen molar-refractivity contribution in [3.05, 3.63) is 22.7 Å². The molecule has 0 fully saturated rings. The van der Waals surface area contributed by atoms with Gasteiger partial charge < -0.3 is 5.73 Å². The van der Waals surface area contributed by atoms with Crippen molar-refractivity contribution in [3.8, 4) is 11.2 Å². The van der Waals surface area contributed by atoms with Crippen LogP contribution in [0.3, 0.4) is 0 Å². The molecule has 0 saturated carbocycles. The molecule has 0 aliphatic heterocycles. The van der Waals surface area contributed by atoms with Gasteiger partial charge >= 0.3 is 0 Å². The van der Waals surface area contributed by atoms with Crippen molar-refractivity contribution >= 4 is 23.7 Å². The summed E-state index contributed by atoms with van der Waals surface area (Å²) in [4.78, 5) is 9.04. The molecule has 0 saturated heterocycles. The average molecular weight is 285 g/mol. The molecule has 2 N–H and O–H groups in total. The van der Waals surface area contributed by atoms with Crippen molar-refractivity contribution in [2.75, 3.05) is 0 Å². The maximum atomic E-state index is 8.78. The number of aromatic nitrogens is 4. The second-order valence-electron chi connectivity index (χ2n) is 3.56. The molecule has 2 rings (SSSR count). The minimum absolute atomic E-state index is 0. The molecule has 0 spiro atoms. The molecule has 0 amide bonds. The highest BCUT2D eigenvalue weighted by Crippen LogP contribution is 2.19. The minimum atomic E-state index is -0.225. The Morgan fingerprint density at radius 2 is 2.33 bits per heavy atom. The van der Waals surface area contributed by atoms with Crippen LogP contribution in [0.25, 0.3) is 5.13 Å². The summed E-state index contributed by atoms with van der Waals surface area (Å²) in [6.07, 6.45) is 2.27. The van der Waals surface area contributed by atoms with Gasteiger partial charge in [0.15, 0.2) is 11.6 Å². The van der Waals surface area contributed by atoms with Crippen molar-refractivity contribution in [2.45, 2.75) is 26.3 Å². The third-order valence-corrected chi connectivity index (χ3v) is 3.06. The van der Waals surface area contributed by atoms with Gasteiger partial charge in [0.1, 0.15) is 10.9 Å². The maximum Gasteiger partial charge on any atom is 0.213 e. The van der Waals surface area contributed by atoms with Crippen LogP contribution in [-0.4, -0.2) is 19.7 Å². The van der Waals surface area contributed by atoms with E-state index in [1.54, 1.807) is 4.68 Å². The van der Waals surface area contributed by atoms with E-state index >= 15 is 0 Å².